The molecule has 1 aliphatic carbocycles. The van der Waals surface area contributed by atoms with Crippen LogP contribution in [0, 0.1) is 5.92 Å². The van der Waals surface area contributed by atoms with Crippen LogP contribution in [-0.4, -0.2) is 21.3 Å². The van der Waals surface area contributed by atoms with Crippen LogP contribution in [0.1, 0.15) is 50.1 Å². The number of nitrogens with one attached hydrogen (secondary N) is 1. The lowest BCUT2D eigenvalue weighted by Crippen LogP contribution is -2.25. The molecule has 3 heteroatoms. The van der Waals surface area contributed by atoms with Crippen molar-refractivity contribution in [3.8, 4) is 11.5 Å². The van der Waals surface area contributed by atoms with Gasteiger partial charge in [0.1, 0.15) is 11.5 Å². The van der Waals surface area contributed by atoms with Gasteiger partial charge in [0.25, 0.3) is 0 Å². The molecule has 0 saturated heterocycles. The zero-order valence-electron chi connectivity index (χ0n) is 12.9. The summed E-state index contributed by atoms with van der Waals surface area (Å²) in [6.07, 6.45) is 8.07. The van der Waals surface area contributed by atoms with Crippen LogP contribution in [0.4, 0.5) is 0 Å². The Morgan fingerprint density at radius 3 is 2.30 bits per heavy atom. The van der Waals surface area contributed by atoms with E-state index in [0.717, 1.165) is 11.5 Å². The lowest BCUT2D eigenvalue weighted by atomic mass is 9.87. The molecule has 0 heterocycles. The first kappa shape index (κ1) is 15.2. The molecule has 0 radical (unpaired) electrons. The highest BCUT2D eigenvalue weighted by molar-refractivity contribution is 5.42. The predicted molar refractivity (Wildman–Crippen MR) is 82.5 cm³/mol. The molecule has 1 unspecified atom stereocenters. The molecule has 20 heavy (non-hydrogen) atoms. The normalized spacial score (nSPS) is 18.4. The van der Waals surface area contributed by atoms with Gasteiger partial charge in [-0.3, -0.25) is 0 Å². The number of hydrogen-bond donors (Lipinski definition) is 1. The van der Waals surface area contributed by atoms with Crippen molar-refractivity contribution < 1.29 is 9.47 Å². The van der Waals surface area contributed by atoms with Crippen LogP contribution < -0.4 is 14.8 Å². The molecule has 3 nitrogen and oxygen atoms in total. The fourth-order valence-corrected chi connectivity index (χ4v) is 3.36. The van der Waals surface area contributed by atoms with Crippen molar-refractivity contribution in [3.05, 3.63) is 23.8 Å². The highest BCUT2D eigenvalue weighted by atomic mass is 16.5. The number of methoxy groups -OCH3 is 2. The van der Waals surface area contributed by atoms with Gasteiger partial charge in [-0.2, -0.15) is 0 Å². The van der Waals surface area contributed by atoms with Crippen LogP contribution in [0.5, 0.6) is 11.5 Å². The van der Waals surface area contributed by atoms with E-state index in [1.54, 1.807) is 14.2 Å². The first-order valence-corrected chi connectivity index (χ1v) is 7.69. The topological polar surface area (TPSA) is 30.5 Å². The van der Waals surface area contributed by atoms with Crippen molar-refractivity contribution >= 4 is 0 Å². The Kier molecular flexibility index (Phi) is 5.72. The van der Waals surface area contributed by atoms with Crippen molar-refractivity contribution in [3.63, 3.8) is 0 Å². The summed E-state index contributed by atoms with van der Waals surface area (Å²) in [6, 6.07) is 6.52. The molecular formula is C17H27NO2. The maximum Gasteiger partial charge on any atom is 0.127 e. The first-order chi connectivity index (χ1) is 9.80. The number of benzene rings is 1. The Labute approximate surface area is 122 Å². The molecule has 0 aromatic heterocycles. The van der Waals surface area contributed by atoms with Crippen LogP contribution in [0.3, 0.4) is 0 Å². The highest BCUT2D eigenvalue weighted by Gasteiger charge is 2.25. The minimum Gasteiger partial charge on any atom is -0.497 e. The minimum atomic E-state index is 0.369. The molecule has 0 amide bonds. The van der Waals surface area contributed by atoms with Crippen LogP contribution in [0.25, 0.3) is 0 Å². The number of ether oxygens (including phenoxy) is 2. The third kappa shape index (κ3) is 3.45. The predicted octanol–water partition coefficient (Wildman–Crippen LogP) is 3.93. The lowest BCUT2D eigenvalue weighted by Gasteiger charge is -2.27. The maximum absolute atomic E-state index is 5.57. The second-order valence-electron chi connectivity index (χ2n) is 5.63. The van der Waals surface area contributed by atoms with E-state index in [0.29, 0.717) is 12.0 Å². The van der Waals surface area contributed by atoms with Gasteiger partial charge in [0.15, 0.2) is 0 Å². The third-order valence-corrected chi connectivity index (χ3v) is 4.46. The Morgan fingerprint density at radius 2 is 1.75 bits per heavy atom. The Balaban J connectivity index is 2.25. The van der Waals surface area contributed by atoms with Gasteiger partial charge in [-0.25, -0.2) is 0 Å². The van der Waals surface area contributed by atoms with E-state index in [2.05, 4.69) is 18.4 Å². The van der Waals surface area contributed by atoms with Crippen molar-refractivity contribution in [1.29, 1.82) is 0 Å². The fraction of sp³-hybridized carbons (Fsp3) is 0.647. The average molecular weight is 277 g/mol. The average Bonchev–Trinajstić information content (AvgIpc) is 2.77. The smallest absolute Gasteiger partial charge is 0.127 e. The number of rotatable bonds is 5. The molecule has 0 bridgehead atoms. The van der Waals surface area contributed by atoms with Gasteiger partial charge < -0.3 is 14.8 Å². The second-order valence-corrected chi connectivity index (χ2v) is 5.63. The molecule has 1 aromatic rings. The van der Waals surface area contributed by atoms with E-state index < -0.39 is 0 Å². The van der Waals surface area contributed by atoms with E-state index >= 15 is 0 Å². The van der Waals surface area contributed by atoms with Gasteiger partial charge in [-0.05, 0) is 31.9 Å². The SMILES string of the molecule is CNC(c1ccc(OC)cc1OC)C1CCCCCC1. The van der Waals surface area contributed by atoms with Crippen LogP contribution in [0.15, 0.2) is 18.2 Å². The summed E-state index contributed by atoms with van der Waals surface area (Å²) >= 11 is 0. The van der Waals surface area contributed by atoms with Gasteiger partial charge in [0.2, 0.25) is 0 Å². The molecule has 0 spiro atoms. The van der Waals surface area contributed by atoms with E-state index in [9.17, 15) is 0 Å². The summed E-state index contributed by atoms with van der Waals surface area (Å²) in [4.78, 5) is 0. The summed E-state index contributed by atoms with van der Waals surface area (Å²) in [5, 5.41) is 3.51. The van der Waals surface area contributed by atoms with Gasteiger partial charge >= 0.3 is 0 Å². The molecule has 1 fully saturated rings. The Bertz CT molecular complexity index is 411. The quantitative estimate of drug-likeness (QED) is 0.827. The molecule has 1 atom stereocenters. The molecule has 1 aliphatic rings. The molecule has 2 rings (SSSR count). The van der Waals surface area contributed by atoms with Crippen LogP contribution in [0.2, 0.25) is 0 Å². The van der Waals surface area contributed by atoms with E-state index in [1.165, 1.54) is 44.1 Å². The van der Waals surface area contributed by atoms with Gasteiger partial charge in [0, 0.05) is 17.7 Å². The first-order valence-electron chi connectivity index (χ1n) is 7.69. The summed E-state index contributed by atoms with van der Waals surface area (Å²) in [7, 11) is 5.48. The van der Waals surface area contributed by atoms with Gasteiger partial charge in [-0.1, -0.05) is 31.7 Å². The van der Waals surface area contributed by atoms with E-state index in [4.69, 9.17) is 9.47 Å². The van der Waals surface area contributed by atoms with E-state index in [1.807, 2.05) is 12.1 Å². The minimum absolute atomic E-state index is 0.369. The van der Waals surface area contributed by atoms with Crippen molar-refractivity contribution in [2.75, 3.05) is 21.3 Å². The maximum atomic E-state index is 5.57. The lowest BCUT2D eigenvalue weighted by molar-refractivity contribution is 0.325. The van der Waals surface area contributed by atoms with E-state index in [-0.39, 0.29) is 0 Å². The second kappa shape index (κ2) is 7.53. The molecule has 1 saturated carbocycles. The van der Waals surface area contributed by atoms with Crippen molar-refractivity contribution in [2.24, 2.45) is 5.92 Å². The van der Waals surface area contributed by atoms with Crippen LogP contribution >= 0.6 is 0 Å². The zero-order valence-corrected chi connectivity index (χ0v) is 12.9. The standard InChI is InChI=1S/C17H27NO2/c1-18-17(13-8-6-4-5-7-9-13)15-11-10-14(19-2)12-16(15)20-3/h10-13,17-18H,4-9H2,1-3H3. The fourth-order valence-electron chi connectivity index (χ4n) is 3.36. The molecule has 1 aromatic carbocycles. The third-order valence-electron chi connectivity index (χ3n) is 4.46. The summed E-state index contributed by atoms with van der Waals surface area (Å²) in [5.74, 6) is 2.47. The molecule has 1 N–H and O–H groups in total. The monoisotopic (exact) mass is 277 g/mol. The Hall–Kier alpha value is -1.22. The van der Waals surface area contributed by atoms with Crippen molar-refractivity contribution in [2.45, 2.75) is 44.6 Å². The molecular weight excluding hydrogens is 250 g/mol. The largest absolute Gasteiger partial charge is 0.497 e. The number of hydrogen-bond acceptors (Lipinski definition) is 3. The summed E-state index contributed by atoms with van der Waals surface area (Å²) < 4.78 is 10.9. The van der Waals surface area contributed by atoms with Crippen LogP contribution in [-0.2, 0) is 0 Å². The van der Waals surface area contributed by atoms with Gasteiger partial charge in [0.05, 0.1) is 14.2 Å². The Morgan fingerprint density at radius 1 is 1.05 bits per heavy atom. The van der Waals surface area contributed by atoms with Gasteiger partial charge in [-0.15, -0.1) is 0 Å². The highest BCUT2D eigenvalue weighted by Crippen LogP contribution is 2.38. The summed E-state index contributed by atoms with van der Waals surface area (Å²) in [6.45, 7) is 0. The molecule has 112 valence electrons. The van der Waals surface area contributed by atoms with Crippen molar-refractivity contribution in [1.82, 2.24) is 5.32 Å². The summed E-state index contributed by atoms with van der Waals surface area (Å²) in [5.41, 5.74) is 1.25. The molecule has 0 aliphatic heterocycles. The zero-order chi connectivity index (χ0) is 14.4.